The SMILES string of the molecule is CC(C)(C)c1cc(-c2ccc(-c3cc(-c4ccccc4)c4nc(-c5ccccc5N=Cc5cc(C(C)(C)C)ccc5O)sc4c3)cc2)cc(C(C)(C)C)c1. The topological polar surface area (TPSA) is 45.5 Å². The van der Waals surface area contributed by atoms with Gasteiger partial charge in [-0.3, -0.25) is 4.99 Å². The third kappa shape index (κ3) is 7.81. The summed E-state index contributed by atoms with van der Waals surface area (Å²) >= 11 is 1.69. The Labute approximate surface area is 325 Å². The maximum Gasteiger partial charge on any atom is 0.126 e. The van der Waals surface area contributed by atoms with Crippen LogP contribution in [0, 0.1) is 0 Å². The first-order valence-electron chi connectivity index (χ1n) is 18.8. The van der Waals surface area contributed by atoms with Gasteiger partial charge in [-0.1, -0.05) is 153 Å². The molecule has 0 radical (unpaired) electrons. The van der Waals surface area contributed by atoms with Crippen molar-refractivity contribution in [2.24, 2.45) is 4.99 Å². The Hall–Kier alpha value is -5.32. The van der Waals surface area contributed by atoms with Crippen molar-refractivity contribution in [3.8, 4) is 49.7 Å². The average molecular weight is 727 g/mol. The van der Waals surface area contributed by atoms with Gasteiger partial charge in [0, 0.05) is 22.9 Å². The minimum absolute atomic E-state index is 0.0409. The normalized spacial score (nSPS) is 12.5. The molecule has 0 saturated carbocycles. The Kier molecular flexibility index (Phi) is 9.70. The van der Waals surface area contributed by atoms with E-state index in [9.17, 15) is 5.11 Å². The number of benzene rings is 6. The predicted octanol–water partition coefficient (Wildman–Crippen LogP) is 14.3. The lowest BCUT2D eigenvalue weighted by atomic mass is 9.79. The molecular formula is C50H50N2OS. The summed E-state index contributed by atoms with van der Waals surface area (Å²) in [6, 6.07) is 45.1. The summed E-state index contributed by atoms with van der Waals surface area (Å²) in [6.45, 7) is 20.2. The Morgan fingerprint density at radius 2 is 1.09 bits per heavy atom. The Bertz CT molecular complexity index is 2450. The summed E-state index contributed by atoms with van der Waals surface area (Å²) in [5.74, 6) is 0.213. The fourth-order valence-electron chi connectivity index (χ4n) is 6.70. The molecule has 0 saturated heterocycles. The standard InChI is InChI=1S/C50H50N2OS/c1-48(2,3)38-23-24-44(53)37(27-38)31-51-43-18-14-13-17-41(43)47-52-46-42(34-15-11-10-12-16-34)28-36(29-45(46)54-47)33-21-19-32(20-22-33)35-25-39(49(4,5)6)30-40(26-35)50(7,8)9/h10-31,53H,1-9H3. The van der Waals surface area contributed by atoms with Crippen LogP contribution < -0.4 is 0 Å². The van der Waals surface area contributed by atoms with E-state index in [-0.39, 0.29) is 22.0 Å². The van der Waals surface area contributed by atoms with Crippen molar-refractivity contribution in [1.82, 2.24) is 4.98 Å². The molecule has 0 bridgehead atoms. The van der Waals surface area contributed by atoms with E-state index in [2.05, 4.69) is 153 Å². The Morgan fingerprint density at radius 1 is 0.519 bits per heavy atom. The van der Waals surface area contributed by atoms with E-state index >= 15 is 0 Å². The van der Waals surface area contributed by atoms with Crippen molar-refractivity contribution in [3.05, 3.63) is 150 Å². The van der Waals surface area contributed by atoms with E-state index in [0.29, 0.717) is 5.56 Å². The molecule has 1 N–H and O–H groups in total. The number of phenolic OH excluding ortho intramolecular Hbond substituents is 1. The van der Waals surface area contributed by atoms with Gasteiger partial charge in [-0.2, -0.15) is 0 Å². The molecule has 6 aromatic carbocycles. The number of aromatic hydroxyl groups is 1. The highest BCUT2D eigenvalue weighted by Crippen LogP contribution is 2.42. The van der Waals surface area contributed by atoms with Gasteiger partial charge in [-0.05, 0) is 97.2 Å². The van der Waals surface area contributed by atoms with Crippen LogP contribution >= 0.6 is 11.3 Å². The summed E-state index contributed by atoms with van der Waals surface area (Å²) in [6.07, 6.45) is 1.76. The van der Waals surface area contributed by atoms with Crippen molar-refractivity contribution >= 4 is 33.5 Å². The van der Waals surface area contributed by atoms with Crippen LogP contribution in [0.3, 0.4) is 0 Å². The van der Waals surface area contributed by atoms with Gasteiger partial charge in [0.05, 0.1) is 15.9 Å². The molecule has 0 fully saturated rings. The highest BCUT2D eigenvalue weighted by molar-refractivity contribution is 7.21. The molecule has 7 aromatic rings. The molecule has 4 heteroatoms. The number of fused-ring (bicyclic) bond motifs is 1. The molecule has 1 aromatic heterocycles. The first kappa shape index (κ1) is 37.0. The lowest BCUT2D eigenvalue weighted by Crippen LogP contribution is -2.16. The van der Waals surface area contributed by atoms with Crippen LogP contribution in [0.25, 0.3) is 54.2 Å². The second-order valence-electron chi connectivity index (χ2n) is 17.4. The molecule has 0 aliphatic carbocycles. The smallest absolute Gasteiger partial charge is 0.126 e. The van der Waals surface area contributed by atoms with Crippen LogP contribution in [0.1, 0.15) is 84.6 Å². The van der Waals surface area contributed by atoms with Gasteiger partial charge < -0.3 is 5.11 Å². The first-order chi connectivity index (χ1) is 25.5. The molecule has 0 aliphatic heterocycles. The molecule has 3 nitrogen and oxygen atoms in total. The van der Waals surface area contributed by atoms with Gasteiger partial charge in [0.1, 0.15) is 10.8 Å². The van der Waals surface area contributed by atoms with Crippen LogP contribution in [0.15, 0.2) is 132 Å². The third-order valence-corrected chi connectivity index (χ3v) is 11.2. The molecule has 1 heterocycles. The third-order valence-electron chi connectivity index (χ3n) is 10.2. The second-order valence-corrected chi connectivity index (χ2v) is 18.5. The monoisotopic (exact) mass is 726 g/mol. The largest absolute Gasteiger partial charge is 0.507 e. The van der Waals surface area contributed by atoms with Crippen LogP contribution in [0.2, 0.25) is 0 Å². The Balaban J connectivity index is 1.30. The highest BCUT2D eigenvalue weighted by Gasteiger charge is 2.22. The zero-order chi connectivity index (χ0) is 38.4. The van der Waals surface area contributed by atoms with Crippen LogP contribution in [-0.2, 0) is 16.2 Å². The second kappa shape index (κ2) is 14.2. The van der Waals surface area contributed by atoms with Crippen LogP contribution in [0.5, 0.6) is 5.75 Å². The van der Waals surface area contributed by atoms with Gasteiger partial charge in [-0.15, -0.1) is 11.3 Å². The maximum atomic E-state index is 10.7. The van der Waals surface area contributed by atoms with Gasteiger partial charge in [0.15, 0.2) is 0 Å². The molecule has 0 spiro atoms. The van der Waals surface area contributed by atoms with Crippen molar-refractivity contribution < 1.29 is 5.11 Å². The van der Waals surface area contributed by atoms with E-state index in [4.69, 9.17) is 9.98 Å². The minimum atomic E-state index is -0.0409. The number of para-hydroxylation sites is 1. The maximum absolute atomic E-state index is 10.7. The first-order valence-corrected chi connectivity index (χ1v) is 19.6. The number of hydrogen-bond acceptors (Lipinski definition) is 4. The summed E-state index contributed by atoms with van der Waals surface area (Å²) in [7, 11) is 0. The predicted molar refractivity (Wildman–Crippen MR) is 233 cm³/mol. The number of thiazole rings is 1. The fourth-order valence-corrected chi connectivity index (χ4v) is 7.76. The van der Waals surface area contributed by atoms with Gasteiger partial charge in [-0.25, -0.2) is 4.98 Å². The molecule has 0 unspecified atom stereocenters. The van der Waals surface area contributed by atoms with Crippen LogP contribution in [-0.4, -0.2) is 16.3 Å². The number of hydrogen-bond donors (Lipinski definition) is 1. The number of phenols is 1. The van der Waals surface area contributed by atoms with E-state index in [1.807, 2.05) is 30.3 Å². The van der Waals surface area contributed by atoms with Crippen molar-refractivity contribution in [1.29, 1.82) is 0 Å². The zero-order valence-electron chi connectivity index (χ0n) is 33.0. The van der Waals surface area contributed by atoms with E-state index in [1.165, 1.54) is 22.3 Å². The lowest BCUT2D eigenvalue weighted by Gasteiger charge is -2.26. The molecule has 0 amide bonds. The number of rotatable bonds is 6. The van der Waals surface area contributed by atoms with E-state index < -0.39 is 0 Å². The molecule has 7 rings (SSSR count). The summed E-state index contributed by atoms with van der Waals surface area (Å²) in [5.41, 5.74) is 14.4. The molecule has 0 aliphatic rings. The van der Waals surface area contributed by atoms with Gasteiger partial charge in [0.2, 0.25) is 0 Å². The number of nitrogens with zero attached hydrogens (tertiary/aromatic N) is 2. The minimum Gasteiger partial charge on any atom is -0.507 e. The molecule has 54 heavy (non-hydrogen) atoms. The lowest BCUT2D eigenvalue weighted by molar-refractivity contribution is 0.473. The fraction of sp³-hybridized carbons (Fsp3) is 0.240. The zero-order valence-corrected chi connectivity index (χ0v) is 33.8. The van der Waals surface area contributed by atoms with Gasteiger partial charge >= 0.3 is 0 Å². The van der Waals surface area contributed by atoms with E-state index in [0.717, 1.165) is 54.3 Å². The molecular weight excluding hydrogens is 677 g/mol. The summed E-state index contributed by atoms with van der Waals surface area (Å²) in [4.78, 5) is 10.2. The van der Waals surface area contributed by atoms with Crippen molar-refractivity contribution in [3.63, 3.8) is 0 Å². The van der Waals surface area contributed by atoms with Crippen molar-refractivity contribution in [2.75, 3.05) is 0 Å². The summed E-state index contributed by atoms with van der Waals surface area (Å²) < 4.78 is 1.12. The van der Waals surface area contributed by atoms with E-state index in [1.54, 1.807) is 23.6 Å². The van der Waals surface area contributed by atoms with Crippen molar-refractivity contribution in [2.45, 2.75) is 78.6 Å². The molecule has 272 valence electrons. The van der Waals surface area contributed by atoms with Crippen LogP contribution in [0.4, 0.5) is 5.69 Å². The highest BCUT2D eigenvalue weighted by atomic mass is 32.1. The molecule has 0 atom stereocenters. The summed E-state index contributed by atoms with van der Waals surface area (Å²) in [5, 5.41) is 11.6. The van der Waals surface area contributed by atoms with Gasteiger partial charge in [0.25, 0.3) is 0 Å². The number of aliphatic imine (C=N–C) groups is 1. The number of aromatic nitrogens is 1. The Morgan fingerprint density at radius 3 is 1.70 bits per heavy atom. The average Bonchev–Trinajstić information content (AvgIpc) is 3.57. The quantitative estimate of drug-likeness (QED) is 0.173.